The number of anilines is 1. The first-order valence-corrected chi connectivity index (χ1v) is 12.3. The van der Waals surface area contributed by atoms with Gasteiger partial charge in [-0.3, -0.25) is 4.79 Å². The Bertz CT molecular complexity index is 1390. The first-order chi connectivity index (χ1) is 16.0. The van der Waals surface area contributed by atoms with Crippen molar-refractivity contribution in [3.63, 3.8) is 0 Å². The zero-order valence-corrected chi connectivity index (χ0v) is 18.5. The molecule has 2 aromatic carbocycles. The Morgan fingerprint density at radius 1 is 1.06 bits per heavy atom. The summed E-state index contributed by atoms with van der Waals surface area (Å²) in [7, 11) is -3.46. The van der Waals surface area contributed by atoms with Crippen LogP contribution in [-0.4, -0.2) is 37.8 Å². The maximum absolute atomic E-state index is 13.2. The van der Waals surface area contributed by atoms with Crippen molar-refractivity contribution in [3.8, 4) is 11.5 Å². The van der Waals surface area contributed by atoms with Gasteiger partial charge in [-0.1, -0.05) is 18.2 Å². The Morgan fingerprint density at radius 2 is 1.88 bits per heavy atom. The number of fused-ring (bicyclic) bond motifs is 1. The third-order valence-corrected chi connectivity index (χ3v) is 7.44. The summed E-state index contributed by atoms with van der Waals surface area (Å²) in [6.07, 6.45) is 2.95. The molecule has 0 bridgehead atoms. The quantitative estimate of drug-likeness (QED) is 0.446. The normalized spacial score (nSPS) is 16.2. The zero-order chi connectivity index (χ0) is 22.8. The van der Waals surface area contributed by atoms with Crippen molar-refractivity contribution >= 4 is 32.3 Å². The number of furan rings is 1. The van der Waals surface area contributed by atoms with E-state index >= 15 is 0 Å². The monoisotopic (exact) mass is 462 g/mol. The standard InChI is InChI=1S/C25H22N2O5S/c28-25(21-15-23(24-8-4-14-32-24)27-22-7-2-1-6-20(21)22)26-17-9-11-19(12-10-17)33(29,30)16-18-5-3-13-31-18/h1-2,4,6-12,14-15,18H,3,5,13,16H2,(H,26,28). The van der Waals surface area contributed by atoms with Crippen LogP contribution in [0.3, 0.4) is 0 Å². The van der Waals surface area contributed by atoms with Crippen LogP contribution < -0.4 is 5.32 Å². The molecule has 1 fully saturated rings. The molecular weight excluding hydrogens is 440 g/mol. The SMILES string of the molecule is O=C(Nc1ccc(S(=O)(=O)CC2CCCO2)cc1)c1cc(-c2ccco2)nc2ccccc12. The summed E-state index contributed by atoms with van der Waals surface area (Å²) in [6.45, 7) is 0.608. The fourth-order valence-corrected chi connectivity index (χ4v) is 5.47. The van der Waals surface area contributed by atoms with Crippen LogP contribution in [0.15, 0.2) is 82.3 Å². The molecule has 2 aromatic heterocycles. The van der Waals surface area contributed by atoms with Crippen LogP contribution >= 0.6 is 0 Å². The number of ether oxygens (including phenoxy) is 1. The summed E-state index contributed by atoms with van der Waals surface area (Å²) >= 11 is 0. The van der Waals surface area contributed by atoms with Crippen LogP contribution in [0.25, 0.3) is 22.4 Å². The smallest absolute Gasteiger partial charge is 0.256 e. The average molecular weight is 463 g/mol. The van der Waals surface area contributed by atoms with Crippen molar-refractivity contribution in [2.45, 2.75) is 23.8 Å². The minimum absolute atomic E-state index is 0.0305. The predicted molar refractivity (Wildman–Crippen MR) is 125 cm³/mol. The average Bonchev–Trinajstić information content (AvgIpc) is 3.53. The van der Waals surface area contributed by atoms with Gasteiger partial charge in [0.25, 0.3) is 5.91 Å². The van der Waals surface area contributed by atoms with Crippen molar-refractivity contribution in [1.29, 1.82) is 0 Å². The molecule has 0 spiro atoms. The van der Waals surface area contributed by atoms with Gasteiger partial charge in [0.15, 0.2) is 15.6 Å². The van der Waals surface area contributed by atoms with Crippen LogP contribution in [0.1, 0.15) is 23.2 Å². The minimum atomic E-state index is -3.46. The number of benzene rings is 2. The first kappa shape index (κ1) is 21.4. The van der Waals surface area contributed by atoms with E-state index in [9.17, 15) is 13.2 Å². The second-order valence-electron chi connectivity index (χ2n) is 7.94. The lowest BCUT2D eigenvalue weighted by Gasteiger charge is -2.12. The highest BCUT2D eigenvalue weighted by atomic mass is 32.2. The van der Waals surface area contributed by atoms with Gasteiger partial charge in [0, 0.05) is 17.7 Å². The molecule has 1 unspecified atom stereocenters. The molecular formula is C25H22N2O5S. The molecule has 33 heavy (non-hydrogen) atoms. The molecule has 1 amide bonds. The molecule has 7 nitrogen and oxygen atoms in total. The van der Waals surface area contributed by atoms with Crippen LogP contribution in [0, 0.1) is 0 Å². The molecule has 0 radical (unpaired) electrons. The second kappa shape index (κ2) is 8.80. The molecule has 4 aromatic rings. The Kier molecular flexibility index (Phi) is 5.70. The maximum Gasteiger partial charge on any atom is 0.256 e. The highest BCUT2D eigenvalue weighted by molar-refractivity contribution is 7.91. The summed E-state index contributed by atoms with van der Waals surface area (Å²) < 4.78 is 36.2. The molecule has 5 rings (SSSR count). The Balaban J connectivity index is 1.39. The number of hydrogen-bond donors (Lipinski definition) is 1. The highest BCUT2D eigenvalue weighted by Gasteiger charge is 2.25. The third-order valence-electron chi connectivity index (χ3n) is 5.64. The number of carbonyl (C=O) groups excluding carboxylic acids is 1. The summed E-state index contributed by atoms with van der Waals surface area (Å²) in [6, 6.07) is 18.8. The largest absolute Gasteiger partial charge is 0.463 e. The predicted octanol–water partition coefficient (Wildman–Crippen LogP) is 4.70. The summed E-state index contributed by atoms with van der Waals surface area (Å²) in [5, 5.41) is 3.57. The summed E-state index contributed by atoms with van der Waals surface area (Å²) in [4.78, 5) is 18.0. The van der Waals surface area contributed by atoms with Gasteiger partial charge in [-0.2, -0.15) is 0 Å². The van der Waals surface area contributed by atoms with E-state index in [2.05, 4.69) is 10.3 Å². The van der Waals surface area contributed by atoms with Crippen molar-refractivity contribution in [2.75, 3.05) is 17.7 Å². The third kappa shape index (κ3) is 4.53. The lowest BCUT2D eigenvalue weighted by molar-refractivity contribution is 0.102. The number of hydrogen-bond acceptors (Lipinski definition) is 6. The van der Waals surface area contributed by atoms with E-state index in [1.807, 2.05) is 24.3 Å². The number of sulfone groups is 1. The lowest BCUT2D eigenvalue weighted by Crippen LogP contribution is -2.20. The van der Waals surface area contributed by atoms with Crippen LogP contribution in [-0.2, 0) is 14.6 Å². The molecule has 1 aliphatic heterocycles. The number of para-hydroxylation sites is 1. The zero-order valence-electron chi connectivity index (χ0n) is 17.7. The van der Waals surface area contributed by atoms with Crippen molar-refractivity contribution in [3.05, 3.63) is 78.6 Å². The van der Waals surface area contributed by atoms with Gasteiger partial charge in [0.1, 0.15) is 5.69 Å². The van der Waals surface area contributed by atoms with Gasteiger partial charge in [-0.05, 0) is 61.4 Å². The van der Waals surface area contributed by atoms with Gasteiger partial charge in [-0.25, -0.2) is 13.4 Å². The second-order valence-corrected chi connectivity index (χ2v) is 9.98. The molecule has 0 aliphatic carbocycles. The van der Waals surface area contributed by atoms with Crippen molar-refractivity contribution < 1.29 is 22.4 Å². The molecule has 3 heterocycles. The Morgan fingerprint density at radius 3 is 2.61 bits per heavy atom. The molecule has 1 N–H and O–H groups in total. The number of nitrogens with zero attached hydrogens (tertiary/aromatic N) is 1. The highest BCUT2D eigenvalue weighted by Crippen LogP contribution is 2.26. The summed E-state index contributed by atoms with van der Waals surface area (Å²) in [5.74, 6) is 0.212. The Labute approximate surface area is 191 Å². The van der Waals surface area contributed by atoms with Gasteiger partial charge in [0.05, 0.1) is 34.1 Å². The fraction of sp³-hybridized carbons (Fsp3) is 0.200. The number of pyridine rings is 1. The van der Waals surface area contributed by atoms with Crippen LogP contribution in [0.2, 0.25) is 0 Å². The number of nitrogens with one attached hydrogen (secondary N) is 1. The topological polar surface area (TPSA) is 98.5 Å². The number of carbonyl (C=O) groups is 1. The number of rotatable bonds is 6. The van der Waals surface area contributed by atoms with E-state index < -0.39 is 9.84 Å². The van der Waals surface area contributed by atoms with E-state index in [0.29, 0.717) is 40.2 Å². The molecule has 168 valence electrons. The van der Waals surface area contributed by atoms with E-state index in [1.165, 1.54) is 12.1 Å². The van der Waals surface area contributed by atoms with Gasteiger partial charge >= 0.3 is 0 Å². The van der Waals surface area contributed by atoms with E-state index in [4.69, 9.17) is 9.15 Å². The lowest BCUT2D eigenvalue weighted by atomic mass is 10.1. The van der Waals surface area contributed by atoms with Crippen LogP contribution in [0.4, 0.5) is 5.69 Å². The molecule has 0 saturated carbocycles. The minimum Gasteiger partial charge on any atom is -0.463 e. The van der Waals surface area contributed by atoms with E-state index in [-0.39, 0.29) is 22.7 Å². The molecule has 1 aliphatic rings. The van der Waals surface area contributed by atoms with E-state index in [1.54, 1.807) is 36.6 Å². The maximum atomic E-state index is 13.2. The molecule has 1 saturated heterocycles. The van der Waals surface area contributed by atoms with Crippen molar-refractivity contribution in [1.82, 2.24) is 4.98 Å². The number of amides is 1. The molecule has 8 heteroatoms. The molecule has 1 atom stereocenters. The number of aromatic nitrogens is 1. The first-order valence-electron chi connectivity index (χ1n) is 10.7. The Hall–Kier alpha value is -3.49. The fourth-order valence-electron chi connectivity index (χ4n) is 3.97. The van der Waals surface area contributed by atoms with E-state index in [0.717, 1.165) is 12.8 Å². The van der Waals surface area contributed by atoms with Gasteiger partial charge in [-0.15, -0.1) is 0 Å². The van der Waals surface area contributed by atoms with Gasteiger partial charge < -0.3 is 14.5 Å². The summed E-state index contributed by atoms with van der Waals surface area (Å²) in [5.41, 5.74) is 2.17. The van der Waals surface area contributed by atoms with Crippen LogP contribution in [0.5, 0.6) is 0 Å². The van der Waals surface area contributed by atoms with Gasteiger partial charge in [0.2, 0.25) is 0 Å². The van der Waals surface area contributed by atoms with Crippen molar-refractivity contribution in [2.24, 2.45) is 0 Å².